The van der Waals surface area contributed by atoms with E-state index < -0.39 is 6.04 Å². The van der Waals surface area contributed by atoms with Crippen LogP contribution in [0.1, 0.15) is 39.0 Å². The second-order valence-electron chi connectivity index (χ2n) is 4.61. The zero-order valence-electron chi connectivity index (χ0n) is 10.5. The molecule has 98 valence electrons. The van der Waals surface area contributed by atoms with E-state index in [1.165, 1.54) is 0 Å². The van der Waals surface area contributed by atoms with Crippen LogP contribution in [-0.4, -0.2) is 30.9 Å². The SMILES string of the molecule is CCCC[C@H](N)C(=O)NCCNC(=O)C1CC1. The molecule has 0 aliphatic heterocycles. The Labute approximate surface area is 103 Å². The number of rotatable bonds is 8. The Balaban J connectivity index is 2.00. The number of carbonyl (C=O) groups excluding carboxylic acids is 2. The van der Waals surface area contributed by atoms with Crippen molar-refractivity contribution in [3.8, 4) is 0 Å². The third-order valence-electron chi connectivity index (χ3n) is 2.88. The smallest absolute Gasteiger partial charge is 0.236 e. The molecule has 0 aromatic rings. The molecule has 0 unspecified atom stereocenters. The van der Waals surface area contributed by atoms with Crippen LogP contribution in [0.3, 0.4) is 0 Å². The first-order chi connectivity index (χ1) is 8.15. The van der Waals surface area contributed by atoms with E-state index in [9.17, 15) is 9.59 Å². The van der Waals surface area contributed by atoms with Gasteiger partial charge in [-0.1, -0.05) is 19.8 Å². The largest absolute Gasteiger partial charge is 0.354 e. The summed E-state index contributed by atoms with van der Waals surface area (Å²) in [6.45, 7) is 3.01. The average molecular weight is 241 g/mol. The molecule has 5 heteroatoms. The Morgan fingerprint density at radius 2 is 1.94 bits per heavy atom. The molecule has 0 heterocycles. The summed E-state index contributed by atoms with van der Waals surface area (Å²) in [5.74, 6) is 0.200. The molecule has 0 aromatic carbocycles. The van der Waals surface area contributed by atoms with E-state index >= 15 is 0 Å². The van der Waals surface area contributed by atoms with Crippen LogP contribution in [0.5, 0.6) is 0 Å². The maximum absolute atomic E-state index is 11.5. The third kappa shape index (κ3) is 5.68. The summed E-state index contributed by atoms with van der Waals surface area (Å²) in [5.41, 5.74) is 5.70. The van der Waals surface area contributed by atoms with Gasteiger partial charge in [0.1, 0.15) is 0 Å². The van der Waals surface area contributed by atoms with E-state index in [2.05, 4.69) is 17.6 Å². The van der Waals surface area contributed by atoms with Gasteiger partial charge in [-0.05, 0) is 19.3 Å². The topological polar surface area (TPSA) is 84.2 Å². The van der Waals surface area contributed by atoms with Crippen molar-refractivity contribution in [3.63, 3.8) is 0 Å². The molecule has 0 saturated heterocycles. The van der Waals surface area contributed by atoms with Gasteiger partial charge in [0.05, 0.1) is 6.04 Å². The van der Waals surface area contributed by atoms with Crippen LogP contribution in [0.4, 0.5) is 0 Å². The summed E-state index contributed by atoms with van der Waals surface area (Å²) in [6.07, 6.45) is 4.72. The Kier molecular flexibility index (Phi) is 5.97. The van der Waals surface area contributed by atoms with Crippen molar-refractivity contribution in [2.75, 3.05) is 13.1 Å². The Morgan fingerprint density at radius 1 is 1.29 bits per heavy atom. The molecule has 2 amide bonds. The molecular weight excluding hydrogens is 218 g/mol. The summed E-state index contributed by atoms with van der Waals surface area (Å²) < 4.78 is 0. The zero-order chi connectivity index (χ0) is 12.7. The van der Waals surface area contributed by atoms with E-state index in [1.54, 1.807) is 0 Å². The van der Waals surface area contributed by atoms with Crippen molar-refractivity contribution >= 4 is 11.8 Å². The predicted molar refractivity (Wildman–Crippen MR) is 66.2 cm³/mol. The van der Waals surface area contributed by atoms with Gasteiger partial charge in [-0.3, -0.25) is 9.59 Å². The molecule has 1 aliphatic rings. The molecule has 1 saturated carbocycles. The number of nitrogens with two attached hydrogens (primary N) is 1. The van der Waals surface area contributed by atoms with Crippen LogP contribution < -0.4 is 16.4 Å². The van der Waals surface area contributed by atoms with Gasteiger partial charge in [0.15, 0.2) is 0 Å². The molecule has 0 aromatic heterocycles. The monoisotopic (exact) mass is 241 g/mol. The lowest BCUT2D eigenvalue weighted by Gasteiger charge is -2.11. The third-order valence-corrected chi connectivity index (χ3v) is 2.88. The minimum absolute atomic E-state index is 0.106. The van der Waals surface area contributed by atoms with Gasteiger partial charge in [0.25, 0.3) is 0 Å². The summed E-state index contributed by atoms with van der Waals surface area (Å²) in [4.78, 5) is 22.8. The van der Waals surface area contributed by atoms with Crippen LogP contribution in [0.25, 0.3) is 0 Å². The van der Waals surface area contributed by atoms with Crippen LogP contribution in [-0.2, 0) is 9.59 Å². The molecule has 1 atom stereocenters. The van der Waals surface area contributed by atoms with E-state index in [4.69, 9.17) is 5.73 Å². The number of carbonyl (C=O) groups is 2. The highest BCUT2D eigenvalue weighted by Gasteiger charge is 2.29. The molecule has 0 bridgehead atoms. The molecule has 0 spiro atoms. The number of nitrogens with one attached hydrogen (secondary N) is 2. The van der Waals surface area contributed by atoms with Crippen molar-refractivity contribution in [3.05, 3.63) is 0 Å². The number of hydrogen-bond acceptors (Lipinski definition) is 3. The van der Waals surface area contributed by atoms with Crippen LogP contribution in [0.15, 0.2) is 0 Å². The lowest BCUT2D eigenvalue weighted by Crippen LogP contribution is -2.43. The molecule has 4 N–H and O–H groups in total. The Morgan fingerprint density at radius 3 is 2.53 bits per heavy atom. The second kappa shape index (κ2) is 7.27. The van der Waals surface area contributed by atoms with Crippen LogP contribution >= 0.6 is 0 Å². The first-order valence-electron chi connectivity index (χ1n) is 6.46. The lowest BCUT2D eigenvalue weighted by atomic mass is 10.1. The normalized spacial score (nSPS) is 16.4. The minimum atomic E-state index is -0.422. The zero-order valence-corrected chi connectivity index (χ0v) is 10.5. The number of hydrogen-bond donors (Lipinski definition) is 3. The number of amides is 2. The molecule has 5 nitrogen and oxygen atoms in total. The fraction of sp³-hybridized carbons (Fsp3) is 0.833. The quantitative estimate of drug-likeness (QED) is 0.529. The van der Waals surface area contributed by atoms with Crippen molar-refractivity contribution in [2.24, 2.45) is 11.7 Å². The van der Waals surface area contributed by atoms with Crippen LogP contribution in [0, 0.1) is 5.92 Å². The van der Waals surface area contributed by atoms with Crippen molar-refractivity contribution in [1.29, 1.82) is 0 Å². The standard InChI is InChI=1S/C12H23N3O2/c1-2-3-4-10(13)12(17)15-8-7-14-11(16)9-5-6-9/h9-10H,2-8,13H2,1H3,(H,14,16)(H,15,17)/t10-/m0/s1. The van der Waals surface area contributed by atoms with Gasteiger partial charge in [-0.15, -0.1) is 0 Å². The van der Waals surface area contributed by atoms with E-state index in [1.807, 2.05) is 0 Å². The van der Waals surface area contributed by atoms with Crippen LogP contribution in [0.2, 0.25) is 0 Å². The summed E-state index contributed by atoms with van der Waals surface area (Å²) in [7, 11) is 0. The van der Waals surface area contributed by atoms with Crippen molar-refractivity contribution in [2.45, 2.75) is 45.1 Å². The summed E-state index contributed by atoms with van der Waals surface area (Å²) >= 11 is 0. The van der Waals surface area contributed by atoms with Gasteiger partial charge in [-0.2, -0.15) is 0 Å². The van der Waals surface area contributed by atoms with E-state index in [0.29, 0.717) is 13.1 Å². The second-order valence-corrected chi connectivity index (χ2v) is 4.61. The molecule has 1 aliphatic carbocycles. The fourth-order valence-electron chi connectivity index (χ4n) is 1.55. The van der Waals surface area contributed by atoms with E-state index in [0.717, 1.165) is 32.1 Å². The molecule has 17 heavy (non-hydrogen) atoms. The predicted octanol–water partition coefficient (Wildman–Crippen LogP) is 0.146. The highest BCUT2D eigenvalue weighted by Crippen LogP contribution is 2.28. The van der Waals surface area contributed by atoms with E-state index in [-0.39, 0.29) is 17.7 Å². The number of unbranched alkanes of at least 4 members (excludes halogenated alkanes) is 1. The fourth-order valence-corrected chi connectivity index (χ4v) is 1.55. The maximum atomic E-state index is 11.5. The molecule has 1 rings (SSSR count). The minimum Gasteiger partial charge on any atom is -0.354 e. The maximum Gasteiger partial charge on any atom is 0.236 e. The molecular formula is C12H23N3O2. The lowest BCUT2D eigenvalue weighted by molar-refractivity contribution is -0.124. The highest BCUT2D eigenvalue weighted by molar-refractivity contribution is 5.82. The first-order valence-corrected chi connectivity index (χ1v) is 6.46. The van der Waals surface area contributed by atoms with Gasteiger partial charge in [-0.25, -0.2) is 0 Å². The van der Waals surface area contributed by atoms with Gasteiger partial charge < -0.3 is 16.4 Å². The highest BCUT2D eigenvalue weighted by atomic mass is 16.2. The summed E-state index contributed by atoms with van der Waals surface area (Å²) in [6, 6.07) is -0.422. The first kappa shape index (κ1) is 14.0. The summed E-state index contributed by atoms with van der Waals surface area (Å²) in [5, 5.41) is 5.51. The van der Waals surface area contributed by atoms with Crippen molar-refractivity contribution < 1.29 is 9.59 Å². The Bertz CT molecular complexity index is 264. The van der Waals surface area contributed by atoms with Gasteiger partial charge in [0.2, 0.25) is 11.8 Å². The van der Waals surface area contributed by atoms with Gasteiger partial charge >= 0.3 is 0 Å². The Hall–Kier alpha value is -1.10. The molecule has 1 fully saturated rings. The van der Waals surface area contributed by atoms with Gasteiger partial charge in [0, 0.05) is 19.0 Å². The average Bonchev–Trinajstić information content (AvgIpc) is 3.14. The molecule has 0 radical (unpaired) electrons. The van der Waals surface area contributed by atoms with Crippen molar-refractivity contribution in [1.82, 2.24) is 10.6 Å².